The number of piperidine rings is 1. The van der Waals surface area contributed by atoms with E-state index in [0.29, 0.717) is 30.6 Å². The maximum atomic E-state index is 12.2. The molecular formula is C13H16N2O4. The van der Waals surface area contributed by atoms with E-state index >= 15 is 0 Å². The van der Waals surface area contributed by atoms with E-state index in [-0.39, 0.29) is 11.6 Å². The van der Waals surface area contributed by atoms with Gasteiger partial charge in [0.15, 0.2) is 0 Å². The second kappa shape index (κ2) is 5.36. The highest BCUT2D eigenvalue weighted by atomic mass is 16.6. The first-order valence-electron chi connectivity index (χ1n) is 6.21. The zero-order valence-electron chi connectivity index (χ0n) is 10.7. The number of carbonyl (C=O) groups is 1. The van der Waals surface area contributed by atoms with Gasteiger partial charge in [0, 0.05) is 30.3 Å². The fraction of sp³-hybridized carbons (Fsp3) is 0.462. The Morgan fingerprint density at radius 1 is 1.53 bits per heavy atom. The molecule has 1 N–H and O–H groups in total. The Bertz CT molecular complexity index is 515. The predicted molar refractivity (Wildman–Crippen MR) is 69.0 cm³/mol. The molecule has 1 aliphatic heterocycles. The van der Waals surface area contributed by atoms with E-state index in [2.05, 4.69) is 0 Å². The van der Waals surface area contributed by atoms with E-state index < -0.39 is 11.0 Å². The Morgan fingerprint density at radius 3 is 2.89 bits per heavy atom. The summed E-state index contributed by atoms with van der Waals surface area (Å²) in [5.74, 6) is -0.262. The smallest absolute Gasteiger partial charge is 0.273 e. The number of nitrogens with zero attached hydrogens (tertiary/aromatic N) is 2. The predicted octanol–water partition coefficient (Wildman–Crippen LogP) is 1.50. The average molecular weight is 264 g/mol. The quantitative estimate of drug-likeness (QED) is 0.648. The molecule has 102 valence electrons. The van der Waals surface area contributed by atoms with Crippen LogP contribution in [0, 0.1) is 17.0 Å². The Morgan fingerprint density at radius 2 is 2.26 bits per heavy atom. The maximum Gasteiger partial charge on any atom is 0.273 e. The lowest BCUT2D eigenvalue weighted by atomic mass is 10.1. The number of aliphatic hydroxyl groups is 1. The first-order valence-corrected chi connectivity index (χ1v) is 6.21. The van der Waals surface area contributed by atoms with Gasteiger partial charge in [0.25, 0.3) is 11.6 Å². The van der Waals surface area contributed by atoms with E-state index in [1.165, 1.54) is 6.07 Å². The number of hydrogen-bond acceptors (Lipinski definition) is 4. The molecule has 0 unspecified atom stereocenters. The molecule has 1 atom stereocenters. The molecule has 1 fully saturated rings. The molecule has 1 saturated heterocycles. The van der Waals surface area contributed by atoms with Crippen molar-refractivity contribution in [2.75, 3.05) is 13.1 Å². The van der Waals surface area contributed by atoms with Crippen LogP contribution in [0.25, 0.3) is 0 Å². The number of nitro benzene ring substituents is 1. The highest BCUT2D eigenvalue weighted by molar-refractivity contribution is 5.95. The minimum Gasteiger partial charge on any atom is -0.391 e. The third-order valence-electron chi connectivity index (χ3n) is 3.34. The van der Waals surface area contributed by atoms with Crippen LogP contribution >= 0.6 is 0 Å². The van der Waals surface area contributed by atoms with Crippen molar-refractivity contribution >= 4 is 11.6 Å². The SMILES string of the molecule is Cc1ccc(C(=O)N2CCC[C@H](O)C2)cc1[N+](=O)[O-]. The summed E-state index contributed by atoms with van der Waals surface area (Å²) in [5.41, 5.74) is 0.773. The molecular weight excluding hydrogens is 248 g/mol. The zero-order chi connectivity index (χ0) is 14.0. The van der Waals surface area contributed by atoms with Gasteiger partial charge in [0.1, 0.15) is 0 Å². The van der Waals surface area contributed by atoms with Gasteiger partial charge in [-0.1, -0.05) is 6.07 Å². The van der Waals surface area contributed by atoms with E-state index in [1.807, 2.05) is 0 Å². The number of benzene rings is 1. The van der Waals surface area contributed by atoms with Gasteiger partial charge in [0.2, 0.25) is 0 Å². The number of amides is 1. The number of β-amino-alcohol motifs (C(OH)–C–C–N with tert-alkyl or cyclic N) is 1. The van der Waals surface area contributed by atoms with Crippen molar-refractivity contribution in [3.63, 3.8) is 0 Å². The molecule has 1 amide bonds. The van der Waals surface area contributed by atoms with Gasteiger partial charge in [-0.2, -0.15) is 0 Å². The molecule has 6 heteroatoms. The second-order valence-electron chi connectivity index (χ2n) is 4.81. The minimum atomic E-state index is -0.502. The summed E-state index contributed by atoms with van der Waals surface area (Å²) in [4.78, 5) is 24.1. The summed E-state index contributed by atoms with van der Waals surface area (Å²) >= 11 is 0. The Balaban J connectivity index is 2.24. The van der Waals surface area contributed by atoms with E-state index in [9.17, 15) is 20.0 Å². The first-order chi connectivity index (χ1) is 8.99. The zero-order valence-corrected chi connectivity index (χ0v) is 10.7. The molecule has 1 aromatic carbocycles. The van der Waals surface area contributed by atoms with Gasteiger partial charge in [-0.05, 0) is 25.8 Å². The van der Waals surface area contributed by atoms with Crippen molar-refractivity contribution in [1.82, 2.24) is 4.90 Å². The maximum absolute atomic E-state index is 12.2. The number of hydrogen-bond donors (Lipinski definition) is 1. The Labute approximate surface area is 110 Å². The van der Waals surface area contributed by atoms with Gasteiger partial charge in [-0.15, -0.1) is 0 Å². The molecule has 0 bridgehead atoms. The minimum absolute atomic E-state index is 0.0524. The van der Waals surface area contributed by atoms with Crippen molar-refractivity contribution in [1.29, 1.82) is 0 Å². The largest absolute Gasteiger partial charge is 0.391 e. The number of rotatable bonds is 2. The molecule has 1 heterocycles. The molecule has 0 aromatic heterocycles. The van der Waals surface area contributed by atoms with Crippen LogP contribution in [0.5, 0.6) is 0 Å². The molecule has 6 nitrogen and oxygen atoms in total. The number of aliphatic hydroxyl groups excluding tert-OH is 1. The molecule has 0 spiro atoms. The fourth-order valence-corrected chi connectivity index (χ4v) is 2.26. The number of likely N-dealkylation sites (tertiary alicyclic amines) is 1. The molecule has 0 radical (unpaired) electrons. The summed E-state index contributed by atoms with van der Waals surface area (Å²) in [7, 11) is 0. The summed E-state index contributed by atoms with van der Waals surface area (Å²) < 4.78 is 0. The van der Waals surface area contributed by atoms with Crippen LogP contribution in [0.15, 0.2) is 18.2 Å². The van der Waals surface area contributed by atoms with Crippen LogP contribution in [-0.4, -0.2) is 40.0 Å². The first kappa shape index (κ1) is 13.5. The van der Waals surface area contributed by atoms with Crippen molar-refractivity contribution < 1.29 is 14.8 Å². The van der Waals surface area contributed by atoms with Crippen LogP contribution in [0.4, 0.5) is 5.69 Å². The van der Waals surface area contributed by atoms with Crippen LogP contribution in [-0.2, 0) is 0 Å². The Hall–Kier alpha value is -1.95. The number of carbonyl (C=O) groups excluding carboxylic acids is 1. The molecule has 0 aliphatic carbocycles. The summed E-state index contributed by atoms with van der Waals surface area (Å²) in [6.07, 6.45) is 0.941. The van der Waals surface area contributed by atoms with Crippen LogP contribution in [0.3, 0.4) is 0 Å². The standard InChI is InChI=1S/C13H16N2O4/c1-9-4-5-10(7-12(9)15(18)19)13(17)14-6-2-3-11(16)8-14/h4-5,7,11,16H,2-3,6,8H2,1H3/t11-/m0/s1. The molecule has 0 saturated carbocycles. The van der Waals surface area contributed by atoms with E-state index in [4.69, 9.17) is 0 Å². The number of nitro groups is 1. The van der Waals surface area contributed by atoms with Gasteiger partial charge < -0.3 is 10.0 Å². The highest BCUT2D eigenvalue weighted by Gasteiger charge is 2.24. The lowest BCUT2D eigenvalue weighted by Gasteiger charge is -2.30. The summed E-state index contributed by atoms with van der Waals surface area (Å²) in [5, 5.41) is 20.4. The third-order valence-corrected chi connectivity index (χ3v) is 3.34. The van der Waals surface area contributed by atoms with Gasteiger partial charge >= 0.3 is 0 Å². The highest BCUT2D eigenvalue weighted by Crippen LogP contribution is 2.21. The van der Waals surface area contributed by atoms with Gasteiger partial charge in [-0.3, -0.25) is 14.9 Å². The van der Waals surface area contributed by atoms with Crippen molar-refractivity contribution in [2.45, 2.75) is 25.9 Å². The van der Waals surface area contributed by atoms with Crippen LogP contribution in [0.2, 0.25) is 0 Å². The normalized spacial score (nSPS) is 19.3. The molecule has 2 rings (SSSR count). The number of aryl methyl sites for hydroxylation is 1. The lowest BCUT2D eigenvalue weighted by Crippen LogP contribution is -2.42. The third kappa shape index (κ3) is 2.90. The summed E-state index contributed by atoms with van der Waals surface area (Å²) in [6, 6.07) is 4.47. The lowest BCUT2D eigenvalue weighted by molar-refractivity contribution is -0.385. The molecule has 19 heavy (non-hydrogen) atoms. The molecule has 1 aliphatic rings. The Kier molecular flexibility index (Phi) is 3.80. The van der Waals surface area contributed by atoms with Crippen molar-refractivity contribution in [3.8, 4) is 0 Å². The van der Waals surface area contributed by atoms with E-state index in [0.717, 1.165) is 6.42 Å². The fourth-order valence-electron chi connectivity index (χ4n) is 2.26. The van der Waals surface area contributed by atoms with Crippen molar-refractivity contribution in [3.05, 3.63) is 39.4 Å². The second-order valence-corrected chi connectivity index (χ2v) is 4.81. The van der Waals surface area contributed by atoms with Crippen LogP contribution < -0.4 is 0 Å². The molecule has 1 aromatic rings. The topological polar surface area (TPSA) is 83.7 Å². The van der Waals surface area contributed by atoms with Gasteiger partial charge in [-0.25, -0.2) is 0 Å². The van der Waals surface area contributed by atoms with Crippen molar-refractivity contribution in [2.24, 2.45) is 0 Å². The summed E-state index contributed by atoms with van der Waals surface area (Å²) in [6.45, 7) is 2.51. The van der Waals surface area contributed by atoms with E-state index in [1.54, 1.807) is 24.0 Å². The van der Waals surface area contributed by atoms with Crippen LogP contribution in [0.1, 0.15) is 28.8 Å². The monoisotopic (exact) mass is 264 g/mol. The average Bonchev–Trinajstić information content (AvgIpc) is 2.38. The van der Waals surface area contributed by atoms with Gasteiger partial charge in [0.05, 0.1) is 11.0 Å².